The molecule has 4 aliphatic rings. The van der Waals surface area contributed by atoms with Gasteiger partial charge in [-0.25, -0.2) is 11.2 Å². The fraction of sp³-hybridized carbons (Fsp3) is 0.806. The number of unbranched alkanes of at least 4 members (excludes halogenated alkanes) is 4. The third-order valence-corrected chi connectivity index (χ3v) is 11.9. The topological polar surface area (TPSA) is 131 Å². The van der Waals surface area contributed by atoms with E-state index in [1.54, 1.807) is 0 Å². The maximum Gasteiger partial charge on any atom is 0.260 e. The van der Waals surface area contributed by atoms with Crippen molar-refractivity contribution >= 4 is 32.2 Å². The van der Waals surface area contributed by atoms with E-state index in [-0.39, 0.29) is 73.4 Å². The minimum Gasteiger partial charge on any atom is -0.365 e. The number of rotatable bonds is 22. The molecule has 3 fully saturated rings. The normalized spacial score (nSPS) is 24.7. The Balaban J connectivity index is 1.02. The third kappa shape index (κ3) is 10.8. The van der Waals surface area contributed by atoms with Gasteiger partial charge in [-0.2, -0.15) is 5.06 Å². The highest BCUT2D eigenvalue weighted by Crippen LogP contribution is 2.48. The first kappa shape index (κ1) is 38.8. The maximum atomic E-state index is 12.9. The van der Waals surface area contributed by atoms with Crippen LogP contribution in [0.5, 0.6) is 0 Å². The minimum atomic E-state index is -1.36. The van der Waals surface area contributed by atoms with E-state index in [0.29, 0.717) is 71.4 Å². The Morgan fingerprint density at radius 1 is 1.00 bits per heavy atom. The molecular formula is C36H58N5O8P. The average Bonchev–Trinajstić information content (AvgIpc) is 3.80. The lowest BCUT2D eigenvalue weighted by Gasteiger charge is -2.41. The molecule has 0 radical (unpaired) electrons. The van der Waals surface area contributed by atoms with Gasteiger partial charge in [-0.15, -0.1) is 0 Å². The number of fused-ring (bicyclic) bond motifs is 5. The summed E-state index contributed by atoms with van der Waals surface area (Å²) in [6.45, 7) is 18.8. The Hall–Kier alpha value is -2.46. The lowest BCUT2D eigenvalue weighted by atomic mass is 9.81. The van der Waals surface area contributed by atoms with Gasteiger partial charge < -0.3 is 28.8 Å². The highest BCUT2D eigenvalue weighted by molar-refractivity contribution is 7.44. The summed E-state index contributed by atoms with van der Waals surface area (Å²) in [7, 11) is -1.36. The second kappa shape index (κ2) is 19.4. The molecule has 4 rings (SSSR count). The van der Waals surface area contributed by atoms with Crippen molar-refractivity contribution in [2.24, 2.45) is 17.3 Å². The summed E-state index contributed by atoms with van der Waals surface area (Å²) in [6.07, 6.45) is 9.82. The van der Waals surface area contributed by atoms with Crippen LogP contribution in [0.2, 0.25) is 0 Å². The molecule has 1 N–H and O–H groups in total. The highest BCUT2D eigenvalue weighted by Gasteiger charge is 2.61. The molecule has 0 aromatic heterocycles. The van der Waals surface area contributed by atoms with Crippen molar-refractivity contribution in [2.45, 2.75) is 123 Å². The molecule has 280 valence electrons. The fourth-order valence-corrected chi connectivity index (χ4v) is 8.77. The van der Waals surface area contributed by atoms with Crippen LogP contribution in [-0.2, 0) is 37.8 Å². The number of hydrogen-bond acceptors (Lipinski definition) is 9. The van der Waals surface area contributed by atoms with E-state index in [9.17, 15) is 19.2 Å². The zero-order valence-corrected chi connectivity index (χ0v) is 31.2. The SMILES string of the molecule is [3H]CC1(COP(OCC[N+]#[C-])N(C(C)C)C(C)C)CCN(C(=O)CCCCCNC(=O)CCCCCON2C(=O)C3C4C=CC(O4)C3C2=O)CC1. The summed E-state index contributed by atoms with van der Waals surface area (Å²) in [6, 6.07) is 0.424. The van der Waals surface area contributed by atoms with E-state index in [4.69, 9.17) is 26.6 Å². The monoisotopic (exact) mass is 721 g/mol. The van der Waals surface area contributed by atoms with Gasteiger partial charge in [0.15, 0.2) is 0 Å². The number of nitrogens with zero attached hydrogens (tertiary/aromatic N) is 4. The molecule has 0 aromatic carbocycles. The zero-order valence-electron chi connectivity index (χ0n) is 31.3. The fourth-order valence-electron chi connectivity index (χ4n) is 7.05. The molecule has 50 heavy (non-hydrogen) atoms. The lowest BCUT2D eigenvalue weighted by molar-refractivity contribution is -0.192. The first-order valence-corrected chi connectivity index (χ1v) is 19.5. The number of piperidine rings is 1. The maximum absolute atomic E-state index is 12.9. The molecule has 2 bridgehead atoms. The van der Waals surface area contributed by atoms with Crippen molar-refractivity contribution in [3.8, 4) is 0 Å². The van der Waals surface area contributed by atoms with Crippen molar-refractivity contribution < 1.29 is 39.2 Å². The predicted molar refractivity (Wildman–Crippen MR) is 189 cm³/mol. The van der Waals surface area contributed by atoms with Gasteiger partial charge in [-0.3, -0.25) is 24.0 Å². The Labute approximate surface area is 300 Å². The molecule has 13 nitrogen and oxygen atoms in total. The molecule has 4 heterocycles. The van der Waals surface area contributed by atoms with Gasteiger partial charge in [0.2, 0.25) is 18.4 Å². The molecule has 4 amide bonds. The Morgan fingerprint density at radius 3 is 2.26 bits per heavy atom. The van der Waals surface area contributed by atoms with E-state index < -0.39 is 20.4 Å². The smallest absolute Gasteiger partial charge is 0.260 e. The Kier molecular flexibility index (Phi) is 15.0. The summed E-state index contributed by atoms with van der Waals surface area (Å²) in [5.41, 5.74) is -0.326. The van der Waals surface area contributed by atoms with Crippen molar-refractivity contribution in [2.75, 3.05) is 46.0 Å². The molecule has 5 unspecified atom stereocenters. The number of hydroxylamine groups is 2. The lowest BCUT2D eigenvalue weighted by Crippen LogP contribution is -2.44. The van der Waals surface area contributed by atoms with E-state index >= 15 is 0 Å². The number of hydrogen-bond donors (Lipinski definition) is 1. The largest absolute Gasteiger partial charge is 0.365 e. The highest BCUT2D eigenvalue weighted by atomic mass is 31.2. The second-order valence-corrected chi connectivity index (χ2v) is 15.9. The van der Waals surface area contributed by atoms with Gasteiger partial charge in [0.1, 0.15) is 6.61 Å². The molecule has 3 saturated heterocycles. The molecule has 5 atom stereocenters. The van der Waals surface area contributed by atoms with Gasteiger partial charge in [-0.1, -0.05) is 31.9 Å². The van der Waals surface area contributed by atoms with Gasteiger partial charge >= 0.3 is 0 Å². The molecule has 0 saturated carbocycles. The van der Waals surface area contributed by atoms with Crippen molar-refractivity contribution in [3.05, 3.63) is 23.6 Å². The number of ether oxygens (including phenoxy) is 1. The van der Waals surface area contributed by atoms with Crippen LogP contribution in [0.1, 0.15) is 100 Å². The standard InChI is InChI=1S/C36H58N5O8P/c1-26(2)41(27(3)4)50(47-24-20-37-6)48-25-36(5)17-21-39(22-18-36)31(43)14-10-7-11-19-38-30(42)13-9-8-12-23-46-40-34(44)32-28-15-16-29(49-28)33(32)35(40)45/h15-16,26-29,32-33H,7-14,17-25H2,1-5H3,(H,38,42)/i5T. The number of nitrogens with one attached hydrogen (secondary N) is 1. The Bertz CT molecular complexity index is 1220. The zero-order chi connectivity index (χ0) is 37.0. The van der Waals surface area contributed by atoms with Crippen LogP contribution in [0.25, 0.3) is 4.85 Å². The summed E-state index contributed by atoms with van der Waals surface area (Å²) in [5.74, 6) is -1.45. The van der Waals surface area contributed by atoms with E-state index in [1.165, 1.54) is 0 Å². The number of carbonyl (C=O) groups excluding carboxylic acids is 4. The quantitative estimate of drug-likeness (QED) is 0.0539. The average molecular weight is 722 g/mol. The summed E-state index contributed by atoms with van der Waals surface area (Å²) in [4.78, 5) is 61.2. The minimum absolute atomic E-state index is 0.00788. The number of likely N-dealkylation sites (tertiary alicyclic amines) is 1. The van der Waals surface area contributed by atoms with Gasteiger partial charge in [0.25, 0.3) is 20.3 Å². The summed E-state index contributed by atoms with van der Waals surface area (Å²) >= 11 is 0. The summed E-state index contributed by atoms with van der Waals surface area (Å²) in [5, 5.41) is 3.87. The van der Waals surface area contributed by atoms with Gasteiger partial charge in [0.05, 0.1) is 37.3 Å². The number of imide groups is 1. The van der Waals surface area contributed by atoms with Crippen LogP contribution in [0.4, 0.5) is 0 Å². The molecule has 14 heteroatoms. The van der Waals surface area contributed by atoms with E-state index in [0.717, 1.165) is 30.7 Å². The predicted octanol–water partition coefficient (Wildman–Crippen LogP) is 5.02. The number of amides is 4. The third-order valence-electron chi connectivity index (χ3n) is 9.84. The van der Waals surface area contributed by atoms with Gasteiger partial charge in [0, 0.05) is 45.9 Å². The molecule has 0 spiro atoms. The van der Waals surface area contributed by atoms with Crippen LogP contribution < -0.4 is 5.32 Å². The Morgan fingerprint density at radius 2 is 1.64 bits per heavy atom. The first-order valence-electron chi connectivity index (χ1n) is 19.1. The number of carbonyl (C=O) groups is 4. The van der Waals surface area contributed by atoms with Crippen LogP contribution in [-0.4, -0.2) is 109 Å². The second-order valence-electron chi connectivity index (χ2n) is 14.5. The van der Waals surface area contributed by atoms with Crippen molar-refractivity contribution in [1.82, 2.24) is 20.0 Å². The van der Waals surface area contributed by atoms with Crippen molar-refractivity contribution in [1.29, 1.82) is 0 Å². The first-order chi connectivity index (χ1) is 24.5. The van der Waals surface area contributed by atoms with Crippen LogP contribution in [0.15, 0.2) is 12.2 Å². The molecule has 4 aliphatic heterocycles. The van der Waals surface area contributed by atoms with Crippen molar-refractivity contribution in [3.63, 3.8) is 0 Å². The molecule has 0 aromatic rings. The molecular weight excluding hydrogens is 661 g/mol. The van der Waals surface area contributed by atoms with Crippen LogP contribution in [0, 0.1) is 23.8 Å². The molecule has 0 aliphatic carbocycles. The summed E-state index contributed by atoms with van der Waals surface area (Å²) < 4.78 is 28.6. The van der Waals surface area contributed by atoms with Crippen LogP contribution >= 0.6 is 8.53 Å². The van der Waals surface area contributed by atoms with E-state index in [1.807, 2.05) is 17.1 Å². The van der Waals surface area contributed by atoms with Crippen LogP contribution in [0.3, 0.4) is 0 Å². The van der Waals surface area contributed by atoms with Gasteiger partial charge in [-0.05, 0) is 71.6 Å². The van der Waals surface area contributed by atoms with E-state index in [2.05, 4.69) is 42.5 Å².